The van der Waals surface area contributed by atoms with E-state index in [1.807, 2.05) is 0 Å². The first-order chi connectivity index (χ1) is 15.2. The Morgan fingerprint density at radius 1 is 1.34 bits per heavy atom. The minimum Gasteiger partial charge on any atom is -0.490 e. The third kappa shape index (κ3) is 5.62. The van der Waals surface area contributed by atoms with Crippen LogP contribution in [-0.4, -0.2) is 43.6 Å². The third-order valence-electron chi connectivity index (χ3n) is 5.14. The van der Waals surface area contributed by atoms with Crippen LogP contribution in [0.1, 0.15) is 42.8 Å². The van der Waals surface area contributed by atoms with Gasteiger partial charge < -0.3 is 14.2 Å². The number of sulfonamides is 1. The molecule has 1 saturated carbocycles. The van der Waals surface area contributed by atoms with E-state index in [9.17, 15) is 22.4 Å². The standard InChI is InChI=1S/C20H23FN4O6S/c1-12(14-4-5-17(21)18(6-14)30-10-13-2-3-13)24-32(28,29)11-16-7-15(23-31-16)8-25-9-19(26)22-20(25)27/h4-7,12-13,24H,2-3,8-11H2,1H3,(H,22,26,27). The minimum absolute atomic E-state index is 0.0180. The molecule has 3 amide bonds. The molecule has 2 N–H and O–H groups in total. The van der Waals surface area contributed by atoms with Crippen LogP contribution in [0.5, 0.6) is 5.75 Å². The van der Waals surface area contributed by atoms with Crippen molar-refractivity contribution in [3.63, 3.8) is 0 Å². The Hall–Kier alpha value is -2.99. The van der Waals surface area contributed by atoms with Crippen molar-refractivity contribution >= 4 is 22.0 Å². The van der Waals surface area contributed by atoms with Crippen LogP contribution in [0.3, 0.4) is 0 Å². The highest BCUT2D eigenvalue weighted by Gasteiger charge is 2.28. The highest BCUT2D eigenvalue weighted by molar-refractivity contribution is 7.88. The third-order valence-corrected chi connectivity index (χ3v) is 6.52. The number of amides is 3. The van der Waals surface area contributed by atoms with Gasteiger partial charge in [-0.25, -0.2) is 22.3 Å². The number of urea groups is 1. The van der Waals surface area contributed by atoms with Gasteiger partial charge in [-0.2, -0.15) is 0 Å². The topological polar surface area (TPSA) is 131 Å². The van der Waals surface area contributed by atoms with Gasteiger partial charge in [-0.15, -0.1) is 0 Å². The van der Waals surface area contributed by atoms with Crippen molar-refractivity contribution < 1.29 is 31.7 Å². The fourth-order valence-corrected chi connectivity index (χ4v) is 4.53. The molecule has 2 aliphatic rings. The maximum Gasteiger partial charge on any atom is 0.324 e. The number of nitrogens with one attached hydrogen (secondary N) is 2. The van der Waals surface area contributed by atoms with Gasteiger partial charge in [-0.05, 0) is 43.4 Å². The molecule has 4 rings (SSSR count). The maximum atomic E-state index is 14.0. The average molecular weight is 466 g/mol. The lowest BCUT2D eigenvalue weighted by atomic mass is 10.1. The SMILES string of the molecule is CC(NS(=O)(=O)Cc1cc(CN2CC(=O)NC2=O)no1)c1ccc(F)c(OCC2CC2)c1. The average Bonchev–Trinajstić information content (AvgIpc) is 3.36. The summed E-state index contributed by atoms with van der Waals surface area (Å²) in [6, 6.07) is 4.50. The monoisotopic (exact) mass is 466 g/mol. The number of carbonyl (C=O) groups excluding carboxylic acids is 2. The van der Waals surface area contributed by atoms with Crippen molar-refractivity contribution in [2.45, 2.75) is 38.1 Å². The van der Waals surface area contributed by atoms with Crippen LogP contribution in [0.15, 0.2) is 28.8 Å². The molecule has 1 aliphatic carbocycles. The Morgan fingerprint density at radius 2 is 2.12 bits per heavy atom. The highest BCUT2D eigenvalue weighted by atomic mass is 32.2. The largest absolute Gasteiger partial charge is 0.490 e. The number of aromatic nitrogens is 1. The van der Waals surface area contributed by atoms with Crippen molar-refractivity contribution in [3.05, 3.63) is 47.1 Å². The Balaban J connectivity index is 1.36. The van der Waals surface area contributed by atoms with Gasteiger partial charge in [-0.3, -0.25) is 10.1 Å². The Bertz CT molecular complexity index is 1130. The van der Waals surface area contributed by atoms with Crippen LogP contribution >= 0.6 is 0 Å². The quantitative estimate of drug-likeness (QED) is 0.511. The summed E-state index contributed by atoms with van der Waals surface area (Å²) in [5.41, 5.74) is 0.882. The number of nitrogens with zero attached hydrogens (tertiary/aromatic N) is 2. The molecule has 1 aliphatic heterocycles. The molecule has 32 heavy (non-hydrogen) atoms. The molecule has 2 fully saturated rings. The van der Waals surface area contributed by atoms with E-state index in [-0.39, 0.29) is 24.6 Å². The summed E-state index contributed by atoms with van der Waals surface area (Å²) in [7, 11) is -3.82. The number of carbonyl (C=O) groups is 2. The summed E-state index contributed by atoms with van der Waals surface area (Å²) < 4.78 is 52.3. The first-order valence-electron chi connectivity index (χ1n) is 10.1. The summed E-state index contributed by atoms with van der Waals surface area (Å²) in [6.45, 7) is 2.01. The molecule has 12 heteroatoms. The second-order valence-electron chi connectivity index (χ2n) is 8.04. The first-order valence-corrected chi connectivity index (χ1v) is 11.8. The second-order valence-corrected chi connectivity index (χ2v) is 9.79. The predicted octanol–water partition coefficient (Wildman–Crippen LogP) is 1.83. The first kappa shape index (κ1) is 22.2. The Morgan fingerprint density at radius 3 is 2.81 bits per heavy atom. The van der Waals surface area contributed by atoms with Crippen molar-refractivity contribution in [1.82, 2.24) is 20.1 Å². The number of halogens is 1. The summed E-state index contributed by atoms with van der Waals surface area (Å²) in [5, 5.41) is 5.91. The van der Waals surface area contributed by atoms with Gasteiger partial charge in [0.1, 0.15) is 18.0 Å². The van der Waals surface area contributed by atoms with Gasteiger partial charge in [0.25, 0.3) is 0 Å². The van der Waals surface area contributed by atoms with Crippen LogP contribution in [0.4, 0.5) is 9.18 Å². The summed E-state index contributed by atoms with van der Waals surface area (Å²) >= 11 is 0. The van der Waals surface area contributed by atoms with Crippen LogP contribution in [0, 0.1) is 11.7 Å². The molecule has 10 nitrogen and oxygen atoms in total. The van der Waals surface area contributed by atoms with E-state index in [0.717, 1.165) is 12.8 Å². The van der Waals surface area contributed by atoms with Gasteiger partial charge in [0.15, 0.2) is 17.3 Å². The van der Waals surface area contributed by atoms with Gasteiger partial charge in [0.05, 0.1) is 13.2 Å². The van der Waals surface area contributed by atoms with Crippen LogP contribution in [0.2, 0.25) is 0 Å². The molecule has 0 spiro atoms. The Kier molecular flexibility index (Phi) is 6.15. The number of rotatable bonds is 10. The minimum atomic E-state index is -3.82. The number of hydrogen-bond donors (Lipinski definition) is 2. The number of ether oxygens (including phenoxy) is 1. The molecule has 2 aromatic rings. The van der Waals surface area contributed by atoms with Crippen LogP contribution in [0.25, 0.3) is 0 Å². The van der Waals surface area contributed by atoms with E-state index in [2.05, 4.69) is 15.2 Å². The molecule has 1 saturated heterocycles. The maximum absolute atomic E-state index is 14.0. The van der Waals surface area contributed by atoms with Gasteiger partial charge in [0, 0.05) is 12.1 Å². The lowest BCUT2D eigenvalue weighted by Gasteiger charge is -2.16. The van der Waals surface area contributed by atoms with Crippen molar-refractivity contribution in [2.24, 2.45) is 5.92 Å². The number of hydrogen-bond acceptors (Lipinski definition) is 7. The van der Waals surface area contributed by atoms with Gasteiger partial charge >= 0.3 is 6.03 Å². The zero-order chi connectivity index (χ0) is 22.9. The molecule has 1 atom stereocenters. The molecular formula is C20H23FN4O6S. The van der Waals surface area contributed by atoms with Gasteiger partial charge in [0.2, 0.25) is 15.9 Å². The second kappa shape index (κ2) is 8.87. The number of benzene rings is 1. The molecule has 2 heterocycles. The zero-order valence-electron chi connectivity index (χ0n) is 17.3. The van der Waals surface area contributed by atoms with Crippen LogP contribution < -0.4 is 14.8 Å². The predicted molar refractivity (Wildman–Crippen MR) is 109 cm³/mol. The van der Waals surface area contributed by atoms with E-state index in [4.69, 9.17) is 9.26 Å². The molecular weight excluding hydrogens is 443 g/mol. The molecule has 1 unspecified atom stereocenters. The summed E-state index contributed by atoms with van der Waals surface area (Å²) in [6.07, 6.45) is 2.15. The van der Waals surface area contributed by atoms with Gasteiger partial charge in [-0.1, -0.05) is 11.2 Å². The smallest absolute Gasteiger partial charge is 0.324 e. The lowest BCUT2D eigenvalue weighted by molar-refractivity contribution is -0.118. The van der Waals surface area contributed by atoms with Crippen LogP contribution in [-0.2, 0) is 27.1 Å². The van der Waals surface area contributed by atoms with E-state index >= 15 is 0 Å². The summed E-state index contributed by atoms with van der Waals surface area (Å²) in [4.78, 5) is 24.1. The fourth-order valence-electron chi connectivity index (χ4n) is 3.26. The fraction of sp³-hybridized carbons (Fsp3) is 0.450. The highest BCUT2D eigenvalue weighted by Crippen LogP contribution is 2.31. The van der Waals surface area contributed by atoms with E-state index in [1.165, 1.54) is 29.2 Å². The normalized spacial score (nSPS) is 17.5. The molecule has 1 aromatic heterocycles. The van der Waals surface area contributed by atoms with Crippen molar-refractivity contribution in [1.29, 1.82) is 0 Å². The molecule has 0 radical (unpaired) electrons. The van der Waals surface area contributed by atoms with E-state index in [0.29, 0.717) is 23.8 Å². The zero-order valence-corrected chi connectivity index (χ0v) is 18.2. The Labute approximate surface area is 184 Å². The molecule has 172 valence electrons. The molecule has 1 aromatic carbocycles. The van der Waals surface area contributed by atoms with E-state index < -0.39 is 39.6 Å². The van der Waals surface area contributed by atoms with Crippen molar-refractivity contribution in [2.75, 3.05) is 13.2 Å². The number of imide groups is 1. The lowest BCUT2D eigenvalue weighted by Crippen LogP contribution is -2.28. The van der Waals surface area contributed by atoms with E-state index in [1.54, 1.807) is 6.92 Å². The van der Waals surface area contributed by atoms with Crippen molar-refractivity contribution in [3.8, 4) is 5.75 Å². The summed E-state index contributed by atoms with van der Waals surface area (Å²) in [5.74, 6) is -0.737. The molecule has 0 bridgehead atoms.